The molecular weight excluding hydrogens is 259 g/mol. The van der Waals surface area contributed by atoms with E-state index in [-0.39, 0.29) is 35.3 Å². The van der Waals surface area contributed by atoms with E-state index in [1.807, 2.05) is 42.5 Å². The number of aromatic hydroxyl groups is 1. The number of nitrogens with zero attached hydrogens (tertiary/aromatic N) is 2. The maximum absolute atomic E-state index is 9.93. The van der Waals surface area contributed by atoms with E-state index in [0.29, 0.717) is 5.69 Å². The summed E-state index contributed by atoms with van der Waals surface area (Å²) in [5, 5.41) is 20.1. The summed E-state index contributed by atoms with van der Waals surface area (Å²) in [6.07, 6.45) is 0. The van der Waals surface area contributed by atoms with Crippen molar-refractivity contribution in [3.05, 3.63) is 66.7 Å². The summed E-state index contributed by atoms with van der Waals surface area (Å²) in [7, 11) is 0. The first-order valence-corrected chi connectivity index (χ1v) is 5.93. The van der Waals surface area contributed by atoms with Gasteiger partial charge in [0.05, 0.1) is 0 Å². The van der Waals surface area contributed by atoms with Gasteiger partial charge in [-0.15, -0.1) is 17.2 Å². The fourth-order valence-corrected chi connectivity index (χ4v) is 1.90. The van der Waals surface area contributed by atoms with Crippen LogP contribution in [0, 0.1) is 6.07 Å². The third kappa shape index (κ3) is 3.07. The molecule has 0 aliphatic rings. The molecular formula is C16H11N2NaO. The molecule has 4 heteroatoms. The van der Waals surface area contributed by atoms with Gasteiger partial charge < -0.3 is 5.11 Å². The first-order valence-electron chi connectivity index (χ1n) is 5.93. The summed E-state index contributed by atoms with van der Waals surface area (Å²) >= 11 is 0. The molecule has 0 saturated heterocycles. The maximum atomic E-state index is 9.93. The van der Waals surface area contributed by atoms with Crippen molar-refractivity contribution in [3.63, 3.8) is 0 Å². The van der Waals surface area contributed by atoms with Crippen molar-refractivity contribution in [1.82, 2.24) is 0 Å². The van der Waals surface area contributed by atoms with E-state index in [1.54, 1.807) is 18.2 Å². The molecule has 20 heavy (non-hydrogen) atoms. The van der Waals surface area contributed by atoms with Gasteiger partial charge in [-0.25, -0.2) is 0 Å². The Morgan fingerprint density at radius 3 is 2.40 bits per heavy atom. The molecule has 3 aromatic carbocycles. The second kappa shape index (κ2) is 6.66. The van der Waals surface area contributed by atoms with E-state index >= 15 is 0 Å². The smallest absolute Gasteiger partial charge is 0.506 e. The Balaban J connectivity index is 0.00000147. The normalized spacial score (nSPS) is 10.6. The minimum Gasteiger partial charge on any atom is -0.506 e. The fourth-order valence-electron chi connectivity index (χ4n) is 1.90. The van der Waals surface area contributed by atoms with Gasteiger partial charge in [0.25, 0.3) is 0 Å². The van der Waals surface area contributed by atoms with Crippen LogP contribution < -0.4 is 29.6 Å². The van der Waals surface area contributed by atoms with Crippen molar-refractivity contribution in [2.45, 2.75) is 0 Å². The molecule has 0 aliphatic carbocycles. The van der Waals surface area contributed by atoms with Crippen LogP contribution in [0.3, 0.4) is 0 Å². The predicted molar refractivity (Wildman–Crippen MR) is 75.1 cm³/mol. The van der Waals surface area contributed by atoms with Crippen molar-refractivity contribution < 1.29 is 34.7 Å². The van der Waals surface area contributed by atoms with Crippen LogP contribution >= 0.6 is 0 Å². The van der Waals surface area contributed by atoms with E-state index in [0.717, 1.165) is 16.5 Å². The molecule has 0 unspecified atom stereocenters. The van der Waals surface area contributed by atoms with Crippen molar-refractivity contribution in [1.29, 1.82) is 0 Å². The molecule has 0 fully saturated rings. The molecule has 0 saturated carbocycles. The van der Waals surface area contributed by atoms with Crippen LogP contribution in [0.15, 0.2) is 70.9 Å². The Morgan fingerprint density at radius 2 is 1.60 bits per heavy atom. The summed E-state index contributed by atoms with van der Waals surface area (Å²) in [6.45, 7) is 0. The topological polar surface area (TPSA) is 45.0 Å². The average Bonchev–Trinajstić information content (AvgIpc) is 2.47. The van der Waals surface area contributed by atoms with Gasteiger partial charge in [0.15, 0.2) is 0 Å². The molecule has 0 aliphatic heterocycles. The van der Waals surface area contributed by atoms with Crippen LogP contribution in [0.5, 0.6) is 5.75 Å². The molecule has 0 bridgehead atoms. The molecule has 0 radical (unpaired) electrons. The van der Waals surface area contributed by atoms with Crippen molar-refractivity contribution in [2.75, 3.05) is 0 Å². The standard InChI is InChI=1S/C16H11N2O.Na/c19-15-11-10-12-6-4-5-9-14(12)16(15)18-17-13-7-2-1-3-8-13;/h2-11,19H;/q-1;+1. The molecule has 0 spiro atoms. The third-order valence-electron chi connectivity index (χ3n) is 2.85. The van der Waals surface area contributed by atoms with E-state index in [1.165, 1.54) is 0 Å². The number of benzene rings is 3. The quantitative estimate of drug-likeness (QED) is 0.430. The van der Waals surface area contributed by atoms with E-state index in [4.69, 9.17) is 0 Å². The Bertz CT molecular complexity index is 742. The second-order valence-electron chi connectivity index (χ2n) is 4.11. The summed E-state index contributed by atoms with van der Waals surface area (Å²) < 4.78 is 0. The zero-order chi connectivity index (χ0) is 13.1. The molecule has 92 valence electrons. The van der Waals surface area contributed by atoms with Gasteiger partial charge in [-0.2, -0.15) is 23.3 Å². The molecule has 0 atom stereocenters. The number of azo groups is 1. The Morgan fingerprint density at radius 1 is 0.850 bits per heavy atom. The van der Waals surface area contributed by atoms with Gasteiger partial charge in [-0.3, -0.25) is 0 Å². The molecule has 0 aromatic heterocycles. The molecule has 1 N–H and O–H groups in total. The molecule has 3 nitrogen and oxygen atoms in total. The largest absolute Gasteiger partial charge is 1.00 e. The van der Waals surface area contributed by atoms with E-state index in [9.17, 15) is 5.11 Å². The Hall–Kier alpha value is -1.68. The molecule has 0 amide bonds. The number of phenolic OH excluding ortho intramolecular Hbond substituents is 1. The van der Waals surface area contributed by atoms with Crippen molar-refractivity contribution in [2.24, 2.45) is 10.2 Å². The minimum absolute atomic E-state index is 0. The Kier molecular flexibility index (Phi) is 4.90. The zero-order valence-electron chi connectivity index (χ0n) is 11.1. The van der Waals surface area contributed by atoms with Gasteiger partial charge in [0.1, 0.15) is 11.4 Å². The maximum Gasteiger partial charge on any atom is 1.00 e. The van der Waals surface area contributed by atoms with Crippen LogP contribution in [0.25, 0.3) is 10.8 Å². The van der Waals surface area contributed by atoms with Crippen LogP contribution in [0.2, 0.25) is 0 Å². The van der Waals surface area contributed by atoms with Gasteiger partial charge in [0.2, 0.25) is 0 Å². The monoisotopic (exact) mass is 270 g/mol. The van der Waals surface area contributed by atoms with Crippen LogP contribution in [0.4, 0.5) is 11.4 Å². The number of hydrogen-bond donors (Lipinski definition) is 1. The number of fused-ring (bicyclic) bond motifs is 1. The predicted octanol–water partition coefficient (Wildman–Crippen LogP) is 1.76. The van der Waals surface area contributed by atoms with Crippen LogP contribution in [0.1, 0.15) is 0 Å². The van der Waals surface area contributed by atoms with Crippen molar-refractivity contribution in [3.8, 4) is 5.75 Å². The first kappa shape index (κ1) is 14.7. The van der Waals surface area contributed by atoms with Gasteiger partial charge in [0, 0.05) is 5.39 Å². The van der Waals surface area contributed by atoms with Crippen molar-refractivity contribution >= 4 is 22.1 Å². The minimum atomic E-state index is 0. The van der Waals surface area contributed by atoms with Gasteiger partial charge in [-0.05, 0) is 17.1 Å². The first-order chi connectivity index (χ1) is 9.34. The zero-order valence-corrected chi connectivity index (χ0v) is 13.1. The van der Waals surface area contributed by atoms with Gasteiger partial charge in [-0.1, -0.05) is 30.3 Å². The summed E-state index contributed by atoms with van der Waals surface area (Å²) in [6, 6.07) is 21.4. The Labute approximate surface area is 139 Å². The number of hydrogen-bond acceptors (Lipinski definition) is 3. The third-order valence-corrected chi connectivity index (χ3v) is 2.85. The second-order valence-corrected chi connectivity index (χ2v) is 4.11. The molecule has 3 rings (SSSR count). The molecule has 0 heterocycles. The SMILES string of the molecule is Oc1ccc2ccccc2c1N=Nc1cc[c-]cc1.[Na+]. The van der Waals surface area contributed by atoms with Gasteiger partial charge >= 0.3 is 29.6 Å². The average molecular weight is 270 g/mol. The summed E-state index contributed by atoms with van der Waals surface area (Å²) in [5.74, 6) is 0.130. The summed E-state index contributed by atoms with van der Waals surface area (Å²) in [5.41, 5.74) is 1.22. The van der Waals surface area contributed by atoms with E-state index < -0.39 is 0 Å². The number of phenols is 1. The van der Waals surface area contributed by atoms with E-state index in [2.05, 4.69) is 16.3 Å². The van der Waals surface area contributed by atoms with Crippen LogP contribution in [-0.2, 0) is 0 Å². The van der Waals surface area contributed by atoms with Crippen LogP contribution in [-0.4, -0.2) is 5.11 Å². The summed E-state index contributed by atoms with van der Waals surface area (Å²) in [4.78, 5) is 0. The fraction of sp³-hybridized carbons (Fsp3) is 0. The molecule has 3 aromatic rings. The number of rotatable bonds is 2.